The zero-order valence-electron chi connectivity index (χ0n) is 14.1. The number of carbonyl (C=O) groups is 1. The third-order valence-electron chi connectivity index (χ3n) is 3.95. The summed E-state index contributed by atoms with van der Waals surface area (Å²) in [6.45, 7) is 0. The van der Waals surface area contributed by atoms with Crippen molar-refractivity contribution in [3.63, 3.8) is 0 Å². The summed E-state index contributed by atoms with van der Waals surface area (Å²) in [6, 6.07) is 12.2. The zero-order chi connectivity index (χ0) is 19.7. The Morgan fingerprint density at radius 2 is 1.79 bits per heavy atom. The number of rotatable bonds is 3. The van der Waals surface area contributed by atoms with Crippen LogP contribution >= 0.6 is 11.3 Å². The Morgan fingerprint density at radius 3 is 2.50 bits per heavy atom. The molecule has 0 saturated carbocycles. The van der Waals surface area contributed by atoms with E-state index >= 15 is 0 Å². The molecule has 0 radical (unpaired) electrons. The fraction of sp³-hybridized carbons (Fsp3) is 0.0526. The molecule has 0 unspecified atom stereocenters. The van der Waals surface area contributed by atoms with Gasteiger partial charge in [0, 0.05) is 28.7 Å². The van der Waals surface area contributed by atoms with Gasteiger partial charge in [-0.05, 0) is 24.3 Å². The van der Waals surface area contributed by atoms with E-state index in [1.54, 1.807) is 54.9 Å². The lowest BCUT2D eigenvalue weighted by molar-refractivity contribution is -0.140. The quantitative estimate of drug-likeness (QED) is 0.524. The van der Waals surface area contributed by atoms with Gasteiger partial charge in [0.25, 0.3) is 5.91 Å². The predicted octanol–water partition coefficient (Wildman–Crippen LogP) is 5.02. The number of para-hydroxylation sites is 1. The number of alkyl halides is 3. The third-order valence-corrected chi connectivity index (χ3v) is 4.71. The number of amides is 1. The van der Waals surface area contributed by atoms with Crippen LogP contribution in [0.3, 0.4) is 0 Å². The van der Waals surface area contributed by atoms with Gasteiger partial charge in [-0.25, -0.2) is 9.97 Å². The maximum atomic E-state index is 12.8. The highest BCUT2D eigenvalue weighted by atomic mass is 32.1. The van der Waals surface area contributed by atoms with E-state index in [0.717, 1.165) is 22.3 Å². The molecular formula is C19H11F3N4OS. The SMILES string of the molecule is O=C(Nc1nc(C(F)(F)F)cs1)c1cc(-c2ccncc2)nc2ccccc12. The largest absolute Gasteiger partial charge is 0.434 e. The van der Waals surface area contributed by atoms with Gasteiger partial charge < -0.3 is 0 Å². The number of fused-ring (bicyclic) bond motifs is 1. The van der Waals surface area contributed by atoms with Crippen LogP contribution in [0.15, 0.2) is 60.2 Å². The van der Waals surface area contributed by atoms with Crippen molar-refractivity contribution >= 4 is 33.3 Å². The molecule has 4 aromatic rings. The van der Waals surface area contributed by atoms with Crippen LogP contribution in [0.5, 0.6) is 0 Å². The highest BCUT2D eigenvalue weighted by Crippen LogP contribution is 2.32. The first-order valence-electron chi connectivity index (χ1n) is 8.06. The zero-order valence-corrected chi connectivity index (χ0v) is 14.9. The lowest BCUT2D eigenvalue weighted by atomic mass is 10.0. The second-order valence-electron chi connectivity index (χ2n) is 5.80. The molecule has 1 aromatic carbocycles. The summed E-state index contributed by atoms with van der Waals surface area (Å²) >= 11 is 0.718. The van der Waals surface area contributed by atoms with E-state index in [2.05, 4.69) is 20.3 Å². The maximum absolute atomic E-state index is 12.8. The number of nitrogens with zero attached hydrogens (tertiary/aromatic N) is 3. The monoisotopic (exact) mass is 400 g/mol. The van der Waals surface area contributed by atoms with E-state index in [4.69, 9.17) is 0 Å². The number of hydrogen-bond acceptors (Lipinski definition) is 5. The van der Waals surface area contributed by atoms with Crippen LogP contribution < -0.4 is 5.32 Å². The first-order chi connectivity index (χ1) is 13.4. The summed E-state index contributed by atoms with van der Waals surface area (Å²) in [5, 5.41) is 3.78. The molecule has 1 N–H and O–H groups in total. The molecule has 28 heavy (non-hydrogen) atoms. The lowest BCUT2D eigenvalue weighted by Gasteiger charge is -2.09. The highest BCUT2D eigenvalue weighted by Gasteiger charge is 2.34. The molecule has 0 bridgehead atoms. The summed E-state index contributed by atoms with van der Waals surface area (Å²) in [7, 11) is 0. The number of benzene rings is 1. The maximum Gasteiger partial charge on any atom is 0.434 e. The Kier molecular flexibility index (Phi) is 4.52. The Morgan fingerprint density at radius 1 is 1.04 bits per heavy atom. The molecule has 140 valence electrons. The van der Waals surface area contributed by atoms with Gasteiger partial charge in [0.1, 0.15) is 0 Å². The first-order valence-corrected chi connectivity index (χ1v) is 8.94. The smallest absolute Gasteiger partial charge is 0.298 e. The minimum atomic E-state index is -4.56. The number of pyridine rings is 2. The van der Waals surface area contributed by atoms with Crippen molar-refractivity contribution in [2.45, 2.75) is 6.18 Å². The lowest BCUT2D eigenvalue weighted by Crippen LogP contribution is -2.13. The van der Waals surface area contributed by atoms with Crippen LogP contribution in [0, 0.1) is 0 Å². The molecule has 5 nitrogen and oxygen atoms in total. The molecule has 0 saturated heterocycles. The number of aromatic nitrogens is 3. The number of carbonyl (C=O) groups excluding carboxylic acids is 1. The average molecular weight is 400 g/mol. The molecule has 3 aromatic heterocycles. The third kappa shape index (κ3) is 3.56. The van der Waals surface area contributed by atoms with Crippen LogP contribution in [-0.2, 0) is 6.18 Å². The summed E-state index contributed by atoms with van der Waals surface area (Å²) < 4.78 is 38.2. The Labute approximate surface area is 160 Å². The topological polar surface area (TPSA) is 67.8 Å². The molecule has 3 heterocycles. The van der Waals surface area contributed by atoms with Crippen LogP contribution in [0.2, 0.25) is 0 Å². The van der Waals surface area contributed by atoms with Crippen molar-refractivity contribution < 1.29 is 18.0 Å². The van der Waals surface area contributed by atoms with Crippen LogP contribution in [0.1, 0.15) is 16.1 Å². The van der Waals surface area contributed by atoms with Gasteiger partial charge in [0.2, 0.25) is 0 Å². The van der Waals surface area contributed by atoms with Crippen LogP contribution in [0.25, 0.3) is 22.2 Å². The second-order valence-corrected chi connectivity index (χ2v) is 6.66. The van der Waals surface area contributed by atoms with E-state index in [1.165, 1.54) is 0 Å². The van der Waals surface area contributed by atoms with Gasteiger partial charge in [-0.3, -0.25) is 15.1 Å². The standard InChI is InChI=1S/C19H11F3N4OS/c20-19(21,22)16-10-28-18(25-16)26-17(27)13-9-15(11-5-7-23-8-6-11)24-14-4-2-1-3-12(13)14/h1-10H,(H,25,26,27). The van der Waals surface area contributed by atoms with Crippen molar-refractivity contribution in [1.29, 1.82) is 0 Å². The molecule has 0 fully saturated rings. The molecular weight excluding hydrogens is 389 g/mol. The molecule has 4 rings (SSSR count). The highest BCUT2D eigenvalue weighted by molar-refractivity contribution is 7.14. The van der Waals surface area contributed by atoms with Gasteiger partial charge in [0.05, 0.1) is 16.8 Å². The molecule has 0 aliphatic heterocycles. The molecule has 0 aliphatic carbocycles. The number of hydrogen-bond donors (Lipinski definition) is 1. The Balaban J connectivity index is 1.74. The molecule has 0 atom stereocenters. The fourth-order valence-corrected chi connectivity index (χ4v) is 3.37. The van der Waals surface area contributed by atoms with Crippen molar-refractivity contribution in [2.75, 3.05) is 5.32 Å². The number of anilines is 1. The number of halogens is 3. The normalized spacial score (nSPS) is 11.5. The average Bonchev–Trinajstić information content (AvgIpc) is 3.17. The van der Waals surface area contributed by atoms with Gasteiger partial charge in [-0.15, -0.1) is 11.3 Å². The minimum Gasteiger partial charge on any atom is -0.298 e. The van der Waals surface area contributed by atoms with Crippen molar-refractivity contribution in [2.24, 2.45) is 0 Å². The first kappa shape index (κ1) is 18.1. The summed E-state index contributed by atoms with van der Waals surface area (Å²) in [5.41, 5.74) is 1.17. The number of nitrogens with one attached hydrogen (secondary N) is 1. The van der Waals surface area contributed by atoms with Gasteiger partial charge >= 0.3 is 6.18 Å². The predicted molar refractivity (Wildman–Crippen MR) is 100 cm³/mol. The van der Waals surface area contributed by atoms with Gasteiger partial charge in [-0.1, -0.05) is 18.2 Å². The van der Waals surface area contributed by atoms with E-state index in [-0.39, 0.29) is 5.13 Å². The number of thiazole rings is 1. The van der Waals surface area contributed by atoms with E-state index < -0.39 is 17.8 Å². The van der Waals surface area contributed by atoms with Crippen molar-refractivity contribution in [3.8, 4) is 11.3 Å². The summed E-state index contributed by atoms with van der Waals surface area (Å²) in [4.78, 5) is 24.8. The second kappa shape index (κ2) is 7.01. The Hall–Kier alpha value is -3.33. The van der Waals surface area contributed by atoms with Crippen LogP contribution in [-0.4, -0.2) is 20.9 Å². The Bertz CT molecular complexity index is 1160. The van der Waals surface area contributed by atoms with Crippen molar-refractivity contribution in [1.82, 2.24) is 15.0 Å². The fourth-order valence-electron chi connectivity index (χ4n) is 2.66. The molecule has 9 heteroatoms. The van der Waals surface area contributed by atoms with Gasteiger partial charge in [0.15, 0.2) is 10.8 Å². The summed E-state index contributed by atoms with van der Waals surface area (Å²) in [6.07, 6.45) is -1.34. The van der Waals surface area contributed by atoms with E-state index in [0.29, 0.717) is 22.2 Å². The molecule has 0 aliphatic rings. The minimum absolute atomic E-state index is 0.122. The molecule has 0 spiro atoms. The van der Waals surface area contributed by atoms with E-state index in [9.17, 15) is 18.0 Å². The molecule has 1 amide bonds. The van der Waals surface area contributed by atoms with Crippen LogP contribution in [0.4, 0.5) is 18.3 Å². The van der Waals surface area contributed by atoms with Gasteiger partial charge in [-0.2, -0.15) is 13.2 Å². The van der Waals surface area contributed by atoms with Crippen molar-refractivity contribution in [3.05, 3.63) is 71.5 Å². The van der Waals surface area contributed by atoms with E-state index in [1.807, 2.05) is 0 Å². The summed E-state index contributed by atoms with van der Waals surface area (Å²) in [5.74, 6) is -0.558.